The number of carbonyl (C=O) groups excluding carboxylic acids is 1. The van der Waals surface area contributed by atoms with E-state index in [0.717, 1.165) is 12.8 Å². The number of para-hydroxylation sites is 1. The molecule has 156 valence electrons. The molecule has 1 amide bonds. The van der Waals surface area contributed by atoms with Crippen molar-refractivity contribution in [3.63, 3.8) is 0 Å². The Kier molecular flexibility index (Phi) is 6.02. The lowest BCUT2D eigenvalue weighted by atomic mass is 9.96. The first-order chi connectivity index (χ1) is 14.6. The van der Waals surface area contributed by atoms with Crippen LogP contribution in [0.5, 0.6) is 5.75 Å². The number of carbonyl (C=O) groups is 1. The van der Waals surface area contributed by atoms with E-state index in [0.29, 0.717) is 24.5 Å². The van der Waals surface area contributed by atoms with Crippen LogP contribution in [0.2, 0.25) is 0 Å². The molecule has 0 radical (unpaired) electrons. The maximum Gasteiger partial charge on any atom is 0.264 e. The summed E-state index contributed by atoms with van der Waals surface area (Å²) in [5, 5.41) is 4.02. The second-order valence-electron chi connectivity index (χ2n) is 7.25. The van der Waals surface area contributed by atoms with Gasteiger partial charge in [0.25, 0.3) is 5.89 Å². The second kappa shape index (κ2) is 9.02. The van der Waals surface area contributed by atoms with Gasteiger partial charge in [0.1, 0.15) is 5.82 Å². The molecule has 0 N–H and O–H groups in total. The van der Waals surface area contributed by atoms with E-state index in [-0.39, 0.29) is 42.3 Å². The predicted molar refractivity (Wildman–Crippen MR) is 104 cm³/mol. The lowest BCUT2D eigenvalue weighted by Crippen LogP contribution is -2.40. The van der Waals surface area contributed by atoms with Crippen molar-refractivity contribution in [2.75, 3.05) is 13.1 Å². The van der Waals surface area contributed by atoms with Crippen molar-refractivity contribution in [1.82, 2.24) is 15.0 Å². The van der Waals surface area contributed by atoms with Crippen LogP contribution in [-0.2, 0) is 17.8 Å². The minimum Gasteiger partial charge on any atom is -0.481 e. The van der Waals surface area contributed by atoms with Crippen LogP contribution < -0.4 is 4.74 Å². The zero-order valence-electron chi connectivity index (χ0n) is 16.3. The Morgan fingerprint density at radius 1 is 1.20 bits per heavy atom. The number of nitrogens with zero attached hydrogens (tertiary/aromatic N) is 3. The van der Waals surface area contributed by atoms with Crippen LogP contribution in [0.1, 0.15) is 36.0 Å². The van der Waals surface area contributed by atoms with Crippen molar-refractivity contribution >= 4 is 5.91 Å². The first kappa shape index (κ1) is 20.0. The molecule has 1 saturated heterocycles. The lowest BCUT2D eigenvalue weighted by molar-refractivity contribution is -0.131. The SMILES string of the molecule is O=C(Cc1cccc(F)c1)N1CCCC(c2noc(COc3ccccc3F)n2)C1. The molecule has 1 atom stereocenters. The average Bonchev–Trinajstić information content (AvgIpc) is 3.22. The molecule has 30 heavy (non-hydrogen) atoms. The van der Waals surface area contributed by atoms with Gasteiger partial charge in [-0.25, -0.2) is 8.78 Å². The van der Waals surface area contributed by atoms with Crippen LogP contribution in [0, 0.1) is 11.6 Å². The van der Waals surface area contributed by atoms with E-state index < -0.39 is 5.82 Å². The monoisotopic (exact) mass is 413 g/mol. The van der Waals surface area contributed by atoms with Crippen molar-refractivity contribution < 1.29 is 22.8 Å². The van der Waals surface area contributed by atoms with Gasteiger partial charge in [-0.1, -0.05) is 29.4 Å². The number of piperidine rings is 1. The Morgan fingerprint density at radius 3 is 2.90 bits per heavy atom. The summed E-state index contributed by atoms with van der Waals surface area (Å²) in [6.07, 6.45) is 1.80. The van der Waals surface area contributed by atoms with Gasteiger partial charge < -0.3 is 14.2 Å². The van der Waals surface area contributed by atoms with Gasteiger partial charge in [0.15, 0.2) is 24.0 Å². The summed E-state index contributed by atoms with van der Waals surface area (Å²) in [5.41, 5.74) is 0.647. The van der Waals surface area contributed by atoms with E-state index in [4.69, 9.17) is 9.26 Å². The maximum absolute atomic E-state index is 13.6. The number of hydrogen-bond acceptors (Lipinski definition) is 5. The van der Waals surface area contributed by atoms with E-state index >= 15 is 0 Å². The lowest BCUT2D eigenvalue weighted by Gasteiger charge is -2.31. The first-order valence-corrected chi connectivity index (χ1v) is 9.80. The van der Waals surface area contributed by atoms with Crippen LogP contribution in [0.15, 0.2) is 53.1 Å². The van der Waals surface area contributed by atoms with Crippen LogP contribution in [0.25, 0.3) is 0 Å². The van der Waals surface area contributed by atoms with E-state index in [1.165, 1.54) is 24.3 Å². The van der Waals surface area contributed by atoms with Gasteiger partial charge in [0.05, 0.1) is 6.42 Å². The molecule has 0 bridgehead atoms. The summed E-state index contributed by atoms with van der Waals surface area (Å²) in [4.78, 5) is 18.7. The number of benzene rings is 2. The summed E-state index contributed by atoms with van der Waals surface area (Å²) < 4.78 is 37.6. The summed E-state index contributed by atoms with van der Waals surface area (Å²) in [5.74, 6) is -0.0605. The van der Waals surface area contributed by atoms with Crippen molar-refractivity contribution in [3.8, 4) is 5.75 Å². The van der Waals surface area contributed by atoms with Gasteiger partial charge in [-0.2, -0.15) is 4.98 Å². The zero-order valence-corrected chi connectivity index (χ0v) is 16.3. The highest BCUT2D eigenvalue weighted by atomic mass is 19.1. The average molecular weight is 413 g/mol. The molecule has 3 aromatic rings. The maximum atomic E-state index is 13.6. The predicted octanol–water partition coefficient (Wildman–Crippen LogP) is 3.88. The van der Waals surface area contributed by atoms with Crippen LogP contribution in [-0.4, -0.2) is 34.0 Å². The third-order valence-corrected chi connectivity index (χ3v) is 5.06. The van der Waals surface area contributed by atoms with Gasteiger partial charge in [0, 0.05) is 19.0 Å². The number of hydrogen-bond donors (Lipinski definition) is 0. The molecule has 1 aromatic heterocycles. The molecule has 1 aliphatic rings. The van der Waals surface area contributed by atoms with Crippen molar-refractivity contribution in [2.24, 2.45) is 0 Å². The summed E-state index contributed by atoms with van der Waals surface area (Å²) in [6, 6.07) is 12.2. The van der Waals surface area contributed by atoms with Gasteiger partial charge in [-0.3, -0.25) is 4.79 Å². The van der Waals surface area contributed by atoms with Gasteiger partial charge in [-0.05, 0) is 42.7 Å². The largest absolute Gasteiger partial charge is 0.481 e. The quantitative estimate of drug-likeness (QED) is 0.614. The molecule has 8 heteroatoms. The molecule has 0 saturated carbocycles. The fraction of sp³-hybridized carbons (Fsp3) is 0.318. The molecule has 0 aliphatic carbocycles. The summed E-state index contributed by atoms with van der Waals surface area (Å²) >= 11 is 0. The molecular weight excluding hydrogens is 392 g/mol. The van der Waals surface area contributed by atoms with Gasteiger partial charge in [0.2, 0.25) is 5.91 Å². The molecule has 2 heterocycles. The van der Waals surface area contributed by atoms with E-state index in [1.807, 2.05) is 0 Å². The highest BCUT2D eigenvalue weighted by molar-refractivity contribution is 5.79. The van der Waals surface area contributed by atoms with Crippen LogP contribution >= 0.6 is 0 Å². The topological polar surface area (TPSA) is 68.5 Å². The molecule has 2 aromatic carbocycles. The molecular formula is C22H21F2N3O3. The second-order valence-corrected chi connectivity index (χ2v) is 7.25. The molecule has 6 nitrogen and oxygen atoms in total. The molecule has 1 aliphatic heterocycles. The Bertz CT molecular complexity index is 1020. The van der Waals surface area contributed by atoms with Gasteiger partial charge >= 0.3 is 0 Å². The van der Waals surface area contributed by atoms with E-state index in [9.17, 15) is 13.6 Å². The summed E-state index contributed by atoms with van der Waals surface area (Å²) in [7, 11) is 0. The third kappa shape index (κ3) is 4.82. The fourth-order valence-corrected chi connectivity index (χ4v) is 3.54. The number of ether oxygens (including phenoxy) is 1. The fourth-order valence-electron chi connectivity index (χ4n) is 3.54. The molecule has 1 fully saturated rings. The Labute approximate surface area is 172 Å². The normalized spacial score (nSPS) is 16.5. The highest BCUT2D eigenvalue weighted by Gasteiger charge is 2.28. The van der Waals surface area contributed by atoms with Crippen molar-refractivity contribution in [1.29, 1.82) is 0 Å². The molecule has 1 unspecified atom stereocenters. The van der Waals surface area contributed by atoms with E-state index in [1.54, 1.807) is 29.2 Å². The number of aromatic nitrogens is 2. The number of rotatable bonds is 6. The molecule has 0 spiro atoms. The number of halogens is 2. The first-order valence-electron chi connectivity index (χ1n) is 9.80. The summed E-state index contributed by atoms with van der Waals surface area (Å²) in [6.45, 7) is 1.08. The number of likely N-dealkylation sites (tertiary alicyclic amines) is 1. The Morgan fingerprint density at radius 2 is 2.07 bits per heavy atom. The third-order valence-electron chi connectivity index (χ3n) is 5.06. The zero-order chi connectivity index (χ0) is 20.9. The van der Waals surface area contributed by atoms with E-state index in [2.05, 4.69) is 10.1 Å². The van der Waals surface area contributed by atoms with Crippen LogP contribution in [0.3, 0.4) is 0 Å². The Balaban J connectivity index is 1.35. The van der Waals surface area contributed by atoms with Crippen LogP contribution in [0.4, 0.5) is 8.78 Å². The Hall–Kier alpha value is -3.29. The van der Waals surface area contributed by atoms with Gasteiger partial charge in [-0.15, -0.1) is 0 Å². The molecule has 4 rings (SSSR count). The van der Waals surface area contributed by atoms with Crippen molar-refractivity contribution in [3.05, 3.63) is 77.4 Å². The standard InChI is InChI=1S/C22H21F2N3O3/c23-17-7-3-5-15(11-17)12-21(28)27-10-4-6-16(13-27)22-25-20(30-26-22)14-29-19-9-2-1-8-18(19)24/h1-3,5,7-9,11,16H,4,6,10,12-14H2. The minimum absolute atomic E-state index is 0.0388. The minimum atomic E-state index is -0.461. The number of amides is 1. The highest BCUT2D eigenvalue weighted by Crippen LogP contribution is 2.26. The smallest absolute Gasteiger partial charge is 0.264 e. The van der Waals surface area contributed by atoms with Crippen molar-refractivity contribution in [2.45, 2.75) is 31.8 Å².